The van der Waals surface area contributed by atoms with Crippen LogP contribution >= 0.6 is 11.6 Å². The Morgan fingerprint density at radius 3 is 2.62 bits per heavy atom. The first-order valence-electron chi connectivity index (χ1n) is 7.31. The molecule has 1 N–H and O–H groups in total. The molecule has 1 aromatic carbocycles. The molecule has 1 unspecified atom stereocenters. The predicted molar refractivity (Wildman–Crippen MR) is 87.3 cm³/mol. The molecule has 26 heavy (non-hydrogen) atoms. The fraction of sp³-hybridized carbons (Fsp3) is 0.176. The number of benzene rings is 1. The third kappa shape index (κ3) is 2.86. The highest BCUT2D eigenvalue weighted by atomic mass is 35.5. The smallest absolute Gasteiger partial charge is 0.443 e. The lowest BCUT2D eigenvalue weighted by molar-refractivity contribution is -0.235. The second kappa shape index (κ2) is 6.21. The van der Waals surface area contributed by atoms with Gasteiger partial charge >= 0.3 is 17.7 Å². The van der Waals surface area contributed by atoms with E-state index in [0.717, 1.165) is 6.08 Å². The van der Waals surface area contributed by atoms with E-state index in [4.69, 9.17) is 21.4 Å². The number of carbonyl (C=O) groups is 1. The molecule has 0 aliphatic carbocycles. The Balaban J connectivity index is 2.11. The predicted octanol–water partition coefficient (Wildman–Crippen LogP) is 3.34. The van der Waals surface area contributed by atoms with Crippen LogP contribution in [0.5, 0.6) is 5.75 Å². The molecule has 2 heterocycles. The van der Waals surface area contributed by atoms with Crippen molar-refractivity contribution < 1.29 is 27.8 Å². The molecule has 0 spiro atoms. The zero-order chi connectivity index (χ0) is 19.1. The summed E-state index contributed by atoms with van der Waals surface area (Å²) < 4.78 is 46.0. The average molecular weight is 386 g/mol. The zero-order valence-corrected chi connectivity index (χ0v) is 13.7. The molecule has 1 atom stereocenters. The Hall–Kier alpha value is -2.74. The van der Waals surface area contributed by atoms with E-state index in [2.05, 4.69) is 0 Å². The molecule has 0 bridgehead atoms. The van der Waals surface area contributed by atoms with E-state index in [1.54, 1.807) is 12.1 Å². The highest BCUT2D eigenvalue weighted by Crippen LogP contribution is 2.43. The standard InChI is InChI=1S/C17H11ClF3NO4/c18-12-4-5-13-10(11(12)9-22-8-2-1-3-14(22)23)6-7-16(26-13,15(24)25)17(19,20)21/h1-8H,9H2,(H,24,25). The zero-order valence-electron chi connectivity index (χ0n) is 13.0. The summed E-state index contributed by atoms with van der Waals surface area (Å²) in [4.78, 5) is 23.1. The number of hydrogen-bond donors (Lipinski definition) is 1. The summed E-state index contributed by atoms with van der Waals surface area (Å²) in [5.41, 5.74) is -3.27. The second-order valence-electron chi connectivity index (χ2n) is 5.58. The van der Waals surface area contributed by atoms with Crippen molar-refractivity contribution in [2.75, 3.05) is 0 Å². The lowest BCUT2D eigenvalue weighted by Crippen LogP contribution is -2.56. The number of fused-ring (bicyclic) bond motifs is 1. The molecular formula is C17H11ClF3NO4. The molecule has 9 heteroatoms. The van der Waals surface area contributed by atoms with Crippen molar-refractivity contribution in [3.05, 3.63) is 69.1 Å². The largest absolute Gasteiger partial charge is 0.478 e. The quantitative estimate of drug-likeness (QED) is 0.880. The van der Waals surface area contributed by atoms with E-state index < -0.39 is 17.7 Å². The maximum atomic E-state index is 13.3. The molecule has 0 saturated carbocycles. The van der Waals surface area contributed by atoms with E-state index in [1.165, 1.54) is 29.0 Å². The number of aliphatic carboxylic acids is 1. The van der Waals surface area contributed by atoms with Gasteiger partial charge in [-0.15, -0.1) is 0 Å². The number of carboxylic acids is 1. The monoisotopic (exact) mass is 385 g/mol. The van der Waals surface area contributed by atoms with Crippen molar-refractivity contribution in [1.29, 1.82) is 0 Å². The lowest BCUT2D eigenvalue weighted by atomic mass is 9.95. The number of ether oxygens (including phenoxy) is 1. The van der Waals surface area contributed by atoms with E-state index in [9.17, 15) is 22.8 Å². The number of pyridine rings is 1. The summed E-state index contributed by atoms with van der Waals surface area (Å²) in [7, 11) is 0. The summed E-state index contributed by atoms with van der Waals surface area (Å²) in [6.45, 7) is -0.0124. The normalized spacial score (nSPS) is 18.9. The molecule has 136 valence electrons. The number of nitrogens with zero attached hydrogens (tertiary/aromatic N) is 1. The van der Waals surface area contributed by atoms with Crippen LogP contribution in [0, 0.1) is 0 Å². The summed E-state index contributed by atoms with van der Waals surface area (Å²) in [5.74, 6) is -2.46. The van der Waals surface area contributed by atoms with Gasteiger partial charge in [-0.05, 0) is 30.4 Å². The second-order valence-corrected chi connectivity index (χ2v) is 5.99. The van der Waals surface area contributed by atoms with E-state index in [-0.39, 0.29) is 28.4 Å². The van der Waals surface area contributed by atoms with Crippen molar-refractivity contribution in [3.8, 4) is 5.75 Å². The molecule has 0 radical (unpaired) electrons. The molecule has 0 saturated heterocycles. The minimum atomic E-state index is -5.16. The first-order valence-corrected chi connectivity index (χ1v) is 7.69. The number of halogens is 4. The van der Waals surface area contributed by atoms with Crippen LogP contribution < -0.4 is 10.3 Å². The Morgan fingerprint density at radius 1 is 1.27 bits per heavy atom. The molecule has 3 rings (SSSR count). The van der Waals surface area contributed by atoms with E-state index in [0.29, 0.717) is 11.6 Å². The van der Waals surface area contributed by atoms with Gasteiger partial charge in [0.05, 0.1) is 6.54 Å². The van der Waals surface area contributed by atoms with Crippen LogP contribution in [0.3, 0.4) is 0 Å². The topological polar surface area (TPSA) is 68.5 Å². The number of aromatic nitrogens is 1. The Kier molecular flexibility index (Phi) is 4.31. The third-order valence-electron chi connectivity index (χ3n) is 3.98. The summed E-state index contributed by atoms with van der Waals surface area (Å²) >= 11 is 6.14. The molecular weight excluding hydrogens is 375 g/mol. The molecule has 1 aromatic heterocycles. The first kappa shape index (κ1) is 18.1. The molecule has 0 fully saturated rings. The van der Waals surface area contributed by atoms with Crippen LogP contribution in [-0.2, 0) is 11.3 Å². The van der Waals surface area contributed by atoms with Gasteiger partial charge in [0.1, 0.15) is 5.75 Å². The molecule has 5 nitrogen and oxygen atoms in total. The summed E-state index contributed by atoms with van der Waals surface area (Å²) in [5, 5.41) is 9.29. The maximum Gasteiger partial charge on any atom is 0.443 e. The van der Waals surface area contributed by atoms with Gasteiger partial charge in [0.25, 0.3) is 5.56 Å². The van der Waals surface area contributed by atoms with Gasteiger partial charge in [-0.1, -0.05) is 17.7 Å². The highest BCUT2D eigenvalue weighted by molar-refractivity contribution is 6.31. The van der Waals surface area contributed by atoms with Crippen LogP contribution in [0.4, 0.5) is 13.2 Å². The first-order chi connectivity index (χ1) is 12.2. The van der Waals surface area contributed by atoms with Gasteiger partial charge in [-0.3, -0.25) is 4.79 Å². The van der Waals surface area contributed by atoms with Gasteiger partial charge in [0, 0.05) is 28.4 Å². The van der Waals surface area contributed by atoms with Gasteiger partial charge in [-0.2, -0.15) is 13.2 Å². The number of carboxylic acid groups (broad SMARTS) is 1. The van der Waals surface area contributed by atoms with Crippen LogP contribution in [0.1, 0.15) is 11.1 Å². The van der Waals surface area contributed by atoms with Gasteiger partial charge < -0.3 is 14.4 Å². The highest BCUT2D eigenvalue weighted by Gasteiger charge is 2.63. The third-order valence-corrected chi connectivity index (χ3v) is 4.34. The lowest BCUT2D eigenvalue weighted by Gasteiger charge is -2.33. The fourth-order valence-corrected chi connectivity index (χ4v) is 2.83. The van der Waals surface area contributed by atoms with E-state index in [1.807, 2.05) is 0 Å². The molecule has 1 aliphatic heterocycles. The van der Waals surface area contributed by atoms with Crippen molar-refractivity contribution in [1.82, 2.24) is 4.57 Å². The van der Waals surface area contributed by atoms with Gasteiger partial charge in [-0.25, -0.2) is 4.79 Å². The number of alkyl halides is 3. The SMILES string of the molecule is O=C(O)C1(C(F)(F)F)C=Cc2c(ccc(Cl)c2Cn2ccccc2=O)O1. The number of hydrogen-bond acceptors (Lipinski definition) is 3. The summed E-state index contributed by atoms with van der Waals surface area (Å²) in [6.07, 6.45) is -2.22. The molecule has 1 aliphatic rings. The van der Waals surface area contributed by atoms with Crippen LogP contribution in [0.2, 0.25) is 5.02 Å². The van der Waals surface area contributed by atoms with Crippen molar-refractivity contribution in [2.45, 2.75) is 18.3 Å². The van der Waals surface area contributed by atoms with Gasteiger partial charge in [0.2, 0.25) is 0 Å². The Bertz CT molecular complexity index is 967. The van der Waals surface area contributed by atoms with Crippen molar-refractivity contribution >= 4 is 23.6 Å². The minimum Gasteiger partial charge on any atom is -0.478 e. The minimum absolute atomic E-state index is 0.0124. The van der Waals surface area contributed by atoms with Crippen LogP contribution in [0.25, 0.3) is 6.08 Å². The summed E-state index contributed by atoms with van der Waals surface area (Å²) in [6, 6.07) is 6.97. The maximum absolute atomic E-state index is 13.3. The van der Waals surface area contributed by atoms with Crippen LogP contribution in [-0.4, -0.2) is 27.4 Å². The van der Waals surface area contributed by atoms with Crippen molar-refractivity contribution in [3.63, 3.8) is 0 Å². The average Bonchev–Trinajstić information content (AvgIpc) is 2.57. The van der Waals surface area contributed by atoms with Crippen LogP contribution in [0.15, 0.2) is 47.4 Å². The molecule has 0 amide bonds. The van der Waals surface area contributed by atoms with Gasteiger partial charge in [0.15, 0.2) is 0 Å². The Labute approximate surface area is 149 Å². The van der Waals surface area contributed by atoms with E-state index >= 15 is 0 Å². The molecule has 2 aromatic rings. The number of rotatable bonds is 3. The van der Waals surface area contributed by atoms with Crippen molar-refractivity contribution in [2.24, 2.45) is 0 Å². The fourth-order valence-electron chi connectivity index (χ4n) is 2.61. The Morgan fingerprint density at radius 2 is 2.00 bits per heavy atom.